The molecule has 1 N–H and O–H groups in total. The summed E-state index contributed by atoms with van der Waals surface area (Å²) < 4.78 is 16.8. The molecule has 178 valence electrons. The summed E-state index contributed by atoms with van der Waals surface area (Å²) in [4.78, 5) is 27.3. The molecule has 1 fully saturated rings. The fraction of sp³-hybridized carbons (Fsp3) is 0.600. The predicted molar refractivity (Wildman–Crippen MR) is 125 cm³/mol. The first-order valence-electron chi connectivity index (χ1n) is 11.2. The van der Waals surface area contributed by atoms with Crippen LogP contribution in [-0.2, 0) is 20.9 Å². The van der Waals surface area contributed by atoms with Crippen molar-refractivity contribution in [2.45, 2.75) is 71.2 Å². The van der Waals surface area contributed by atoms with Crippen molar-refractivity contribution in [1.29, 1.82) is 0 Å². The van der Waals surface area contributed by atoms with Gasteiger partial charge >= 0.3 is 0 Å². The Balaban J connectivity index is 2.54. The molecule has 7 nitrogen and oxygen atoms in total. The maximum absolute atomic E-state index is 13.2. The Bertz CT molecular complexity index is 825. The molecule has 0 aliphatic carbocycles. The Labute approximate surface area is 192 Å². The Hall–Kier alpha value is -2.54. The Morgan fingerprint density at radius 2 is 2.03 bits per heavy atom. The van der Waals surface area contributed by atoms with E-state index in [1.807, 2.05) is 43.0 Å². The summed E-state index contributed by atoms with van der Waals surface area (Å²) in [6.07, 6.45) is 6.06. The summed E-state index contributed by atoms with van der Waals surface area (Å²) in [6, 6.07) is 4.96. The maximum atomic E-state index is 13.2. The van der Waals surface area contributed by atoms with Crippen molar-refractivity contribution in [3.05, 3.63) is 35.9 Å². The van der Waals surface area contributed by atoms with E-state index in [0.29, 0.717) is 24.5 Å². The van der Waals surface area contributed by atoms with E-state index in [1.54, 1.807) is 21.3 Å². The number of nitrogens with one attached hydrogen (secondary N) is 1. The van der Waals surface area contributed by atoms with E-state index in [1.165, 1.54) is 6.92 Å². The maximum Gasteiger partial charge on any atom is 0.223 e. The first-order valence-corrected chi connectivity index (χ1v) is 11.2. The molecule has 1 saturated heterocycles. The molecule has 2 amide bonds. The van der Waals surface area contributed by atoms with Crippen molar-refractivity contribution in [2.24, 2.45) is 5.92 Å². The third-order valence-corrected chi connectivity index (χ3v) is 6.37. The van der Waals surface area contributed by atoms with E-state index in [2.05, 4.69) is 18.3 Å². The molecule has 1 aliphatic heterocycles. The van der Waals surface area contributed by atoms with Crippen molar-refractivity contribution >= 4 is 11.8 Å². The van der Waals surface area contributed by atoms with Gasteiger partial charge in [0.15, 0.2) is 0 Å². The van der Waals surface area contributed by atoms with Crippen LogP contribution in [0.4, 0.5) is 0 Å². The van der Waals surface area contributed by atoms with Gasteiger partial charge in [0.2, 0.25) is 11.8 Å². The van der Waals surface area contributed by atoms with Gasteiger partial charge in [-0.3, -0.25) is 9.59 Å². The van der Waals surface area contributed by atoms with Gasteiger partial charge in [0.05, 0.1) is 31.9 Å². The first-order chi connectivity index (χ1) is 15.2. The minimum Gasteiger partial charge on any atom is -0.497 e. The van der Waals surface area contributed by atoms with E-state index in [4.69, 9.17) is 14.2 Å². The van der Waals surface area contributed by atoms with Crippen molar-refractivity contribution in [3.8, 4) is 11.5 Å². The van der Waals surface area contributed by atoms with Crippen molar-refractivity contribution in [2.75, 3.05) is 21.3 Å². The summed E-state index contributed by atoms with van der Waals surface area (Å²) in [6.45, 7) is 7.93. The van der Waals surface area contributed by atoms with Crippen LogP contribution in [-0.4, -0.2) is 55.7 Å². The quantitative estimate of drug-likeness (QED) is 0.525. The van der Waals surface area contributed by atoms with Crippen LogP contribution in [0.1, 0.15) is 52.5 Å². The molecule has 1 aromatic rings. The number of nitrogens with zero attached hydrogens (tertiary/aromatic N) is 1. The molecule has 0 spiro atoms. The van der Waals surface area contributed by atoms with E-state index >= 15 is 0 Å². The number of allylic oxidation sites excluding steroid dienone is 1. The van der Waals surface area contributed by atoms with Crippen LogP contribution in [0.2, 0.25) is 0 Å². The van der Waals surface area contributed by atoms with Crippen LogP contribution in [0.15, 0.2) is 30.4 Å². The molecular weight excluding hydrogens is 408 g/mol. The molecular formula is C25H38N2O5. The summed E-state index contributed by atoms with van der Waals surface area (Å²) in [7, 11) is 4.88. The average Bonchev–Trinajstić information content (AvgIpc) is 3.06. The number of amides is 2. The van der Waals surface area contributed by atoms with Crippen LogP contribution >= 0.6 is 0 Å². The van der Waals surface area contributed by atoms with Crippen LogP contribution in [0.5, 0.6) is 11.5 Å². The molecule has 1 heterocycles. The molecule has 1 aromatic carbocycles. The van der Waals surface area contributed by atoms with Crippen molar-refractivity contribution < 1.29 is 23.8 Å². The van der Waals surface area contributed by atoms with Gasteiger partial charge in [-0.1, -0.05) is 25.5 Å². The van der Waals surface area contributed by atoms with E-state index in [9.17, 15) is 9.59 Å². The number of rotatable bonds is 11. The third-order valence-electron chi connectivity index (χ3n) is 6.37. The van der Waals surface area contributed by atoms with Crippen molar-refractivity contribution in [1.82, 2.24) is 10.2 Å². The highest BCUT2D eigenvalue weighted by Crippen LogP contribution is 2.38. The lowest BCUT2D eigenvalue weighted by Gasteiger charge is -2.44. The molecule has 7 heteroatoms. The lowest BCUT2D eigenvalue weighted by Crippen LogP contribution is -2.62. The number of benzene rings is 1. The zero-order chi connectivity index (χ0) is 23.9. The fourth-order valence-electron chi connectivity index (χ4n) is 4.75. The predicted octanol–water partition coefficient (Wildman–Crippen LogP) is 3.71. The van der Waals surface area contributed by atoms with Gasteiger partial charge in [-0.2, -0.15) is 0 Å². The molecule has 0 aromatic heterocycles. The number of ether oxygens (including phenoxy) is 3. The van der Waals surface area contributed by atoms with Gasteiger partial charge in [-0.05, 0) is 32.4 Å². The zero-order valence-electron chi connectivity index (χ0n) is 20.4. The fourth-order valence-corrected chi connectivity index (χ4v) is 4.75. The first kappa shape index (κ1) is 25.7. The van der Waals surface area contributed by atoms with E-state index in [-0.39, 0.29) is 29.8 Å². The largest absolute Gasteiger partial charge is 0.497 e. The average molecular weight is 447 g/mol. The minimum atomic E-state index is -0.627. The van der Waals surface area contributed by atoms with E-state index < -0.39 is 5.60 Å². The van der Waals surface area contributed by atoms with Crippen LogP contribution < -0.4 is 14.8 Å². The van der Waals surface area contributed by atoms with E-state index in [0.717, 1.165) is 18.4 Å². The summed E-state index contributed by atoms with van der Waals surface area (Å²) >= 11 is 0. The number of hydrogen-bond acceptors (Lipinski definition) is 5. The van der Waals surface area contributed by atoms with Crippen LogP contribution in [0, 0.1) is 5.92 Å². The molecule has 0 unspecified atom stereocenters. The Morgan fingerprint density at radius 1 is 1.31 bits per heavy atom. The number of methoxy groups -OCH3 is 3. The second-order valence-electron chi connectivity index (χ2n) is 8.53. The van der Waals surface area contributed by atoms with Crippen molar-refractivity contribution in [3.63, 3.8) is 0 Å². The van der Waals surface area contributed by atoms with Crippen LogP contribution in [0.3, 0.4) is 0 Å². The molecule has 0 radical (unpaired) electrons. The van der Waals surface area contributed by atoms with Gasteiger partial charge in [0.1, 0.15) is 11.5 Å². The summed E-state index contributed by atoms with van der Waals surface area (Å²) in [5, 5.41) is 3.13. The summed E-state index contributed by atoms with van der Waals surface area (Å²) in [5.74, 6) is 1.20. The molecule has 4 atom stereocenters. The Morgan fingerprint density at radius 3 is 2.56 bits per heavy atom. The Kier molecular flexibility index (Phi) is 9.13. The van der Waals surface area contributed by atoms with Gasteiger partial charge in [-0.15, -0.1) is 0 Å². The second kappa shape index (κ2) is 11.4. The second-order valence-corrected chi connectivity index (χ2v) is 8.53. The lowest BCUT2D eigenvalue weighted by atomic mass is 9.80. The normalized spacial score (nSPS) is 21.5. The van der Waals surface area contributed by atoms with Gasteiger partial charge < -0.3 is 24.4 Å². The van der Waals surface area contributed by atoms with Crippen LogP contribution in [0.25, 0.3) is 0 Å². The molecule has 0 saturated carbocycles. The highest BCUT2D eigenvalue weighted by atomic mass is 16.5. The highest BCUT2D eigenvalue weighted by molar-refractivity contribution is 5.80. The molecule has 1 aliphatic rings. The smallest absolute Gasteiger partial charge is 0.223 e. The van der Waals surface area contributed by atoms with Gasteiger partial charge in [-0.25, -0.2) is 0 Å². The molecule has 0 bridgehead atoms. The topological polar surface area (TPSA) is 77.1 Å². The highest BCUT2D eigenvalue weighted by Gasteiger charge is 2.50. The SMILES string of the molecule is C/C=C/[C@@H]1CC(=O)N(Cc2ccc(OC)cc2OC)[C@H]1[C@@H](NC(C)=O)[C@](C)(CCC)OC. The summed E-state index contributed by atoms with van der Waals surface area (Å²) in [5.41, 5.74) is 0.251. The monoisotopic (exact) mass is 446 g/mol. The molecule has 2 rings (SSSR count). The minimum absolute atomic E-state index is 0.0417. The number of hydrogen-bond donors (Lipinski definition) is 1. The lowest BCUT2D eigenvalue weighted by molar-refractivity contribution is -0.134. The standard InChI is InChI=1S/C25H38N2O5/c1-8-10-18-14-22(29)27(16-19-11-12-20(30-5)15-21(19)31-6)23(18)24(26-17(3)28)25(4,32-7)13-9-2/h8,10-12,15,18,23-24H,9,13-14,16H2,1-7H3,(H,26,28)/b10-8+/t18-,23-,24-,25+/m1/s1. The molecule has 32 heavy (non-hydrogen) atoms. The third kappa shape index (κ3) is 5.63. The number of likely N-dealkylation sites (tertiary alicyclic amines) is 1. The number of carbonyl (C=O) groups excluding carboxylic acids is 2. The van der Waals surface area contributed by atoms with Gasteiger partial charge in [0, 0.05) is 44.5 Å². The van der Waals surface area contributed by atoms with Gasteiger partial charge in [0.25, 0.3) is 0 Å². The zero-order valence-corrected chi connectivity index (χ0v) is 20.4. The number of carbonyl (C=O) groups is 2.